The van der Waals surface area contributed by atoms with Gasteiger partial charge in [-0.15, -0.1) is 5.10 Å². The van der Waals surface area contributed by atoms with E-state index in [1.807, 2.05) is 26.8 Å². The van der Waals surface area contributed by atoms with E-state index in [1.165, 1.54) is 0 Å². The van der Waals surface area contributed by atoms with Crippen LogP contribution < -0.4 is 5.73 Å². The summed E-state index contributed by atoms with van der Waals surface area (Å²) in [5, 5.41) is 17.7. The summed E-state index contributed by atoms with van der Waals surface area (Å²) in [4.78, 5) is 0. The number of nitrogens with zero attached hydrogens (tertiary/aromatic N) is 2. The molecule has 0 saturated heterocycles. The SMILES string of the molecule is C=C(CC)/C(C)=N\N=C(/N)c1ccc(C)cc1O. The van der Waals surface area contributed by atoms with Gasteiger partial charge in [-0.05, 0) is 43.5 Å². The minimum Gasteiger partial charge on any atom is -0.507 e. The summed E-state index contributed by atoms with van der Waals surface area (Å²) in [5.41, 5.74) is 8.89. The number of amidine groups is 1. The molecule has 4 nitrogen and oxygen atoms in total. The molecule has 18 heavy (non-hydrogen) atoms. The average molecular weight is 245 g/mol. The van der Waals surface area contributed by atoms with Crippen LogP contribution in [-0.4, -0.2) is 16.7 Å². The second-order valence-corrected chi connectivity index (χ2v) is 4.15. The van der Waals surface area contributed by atoms with Gasteiger partial charge in [0.05, 0.1) is 11.3 Å². The summed E-state index contributed by atoms with van der Waals surface area (Å²) in [7, 11) is 0. The average Bonchev–Trinajstić information content (AvgIpc) is 2.34. The molecule has 0 aliphatic rings. The van der Waals surface area contributed by atoms with Gasteiger partial charge in [0.25, 0.3) is 0 Å². The molecule has 3 N–H and O–H groups in total. The highest BCUT2D eigenvalue weighted by molar-refractivity contribution is 6.01. The topological polar surface area (TPSA) is 71.0 Å². The van der Waals surface area contributed by atoms with E-state index in [2.05, 4.69) is 16.8 Å². The molecule has 0 heterocycles. The van der Waals surface area contributed by atoms with Gasteiger partial charge in [0.15, 0.2) is 5.84 Å². The Kier molecular flexibility index (Phi) is 4.66. The molecule has 0 spiro atoms. The van der Waals surface area contributed by atoms with Crippen molar-refractivity contribution in [1.29, 1.82) is 0 Å². The van der Waals surface area contributed by atoms with Gasteiger partial charge in [-0.1, -0.05) is 19.6 Å². The number of rotatable bonds is 4. The predicted molar refractivity (Wildman–Crippen MR) is 76.1 cm³/mol. The Bertz CT molecular complexity index is 516. The Labute approximate surface area is 108 Å². The molecule has 0 atom stereocenters. The third kappa shape index (κ3) is 3.45. The number of aryl methyl sites for hydroxylation is 1. The van der Waals surface area contributed by atoms with Crippen LogP contribution in [0, 0.1) is 6.92 Å². The van der Waals surface area contributed by atoms with E-state index < -0.39 is 0 Å². The second kappa shape index (κ2) is 6.00. The standard InChI is InChI=1S/C14H19N3O/c1-5-10(3)11(4)16-17-14(15)12-7-6-9(2)8-13(12)18/h6-8,18H,3,5H2,1-2,4H3,(H2,15,17)/b16-11-. The number of benzene rings is 1. The molecule has 0 saturated carbocycles. The summed E-state index contributed by atoms with van der Waals surface area (Å²) < 4.78 is 0. The van der Waals surface area contributed by atoms with Gasteiger partial charge in [0.2, 0.25) is 0 Å². The fraction of sp³-hybridized carbons (Fsp3) is 0.286. The minimum absolute atomic E-state index is 0.110. The molecule has 0 aliphatic carbocycles. The quantitative estimate of drug-likeness (QED) is 0.486. The highest BCUT2D eigenvalue weighted by atomic mass is 16.3. The van der Waals surface area contributed by atoms with Crippen molar-refractivity contribution in [3.63, 3.8) is 0 Å². The molecule has 0 bridgehead atoms. The van der Waals surface area contributed by atoms with Gasteiger partial charge < -0.3 is 10.8 Å². The van der Waals surface area contributed by atoms with Crippen LogP contribution in [-0.2, 0) is 0 Å². The van der Waals surface area contributed by atoms with Crippen LogP contribution in [0.1, 0.15) is 31.4 Å². The fourth-order valence-electron chi connectivity index (χ4n) is 1.37. The first-order valence-corrected chi connectivity index (χ1v) is 5.81. The predicted octanol–water partition coefficient (Wildman–Crippen LogP) is 2.75. The van der Waals surface area contributed by atoms with Crippen LogP contribution in [0.25, 0.3) is 0 Å². The Hall–Kier alpha value is -2.10. The summed E-state index contributed by atoms with van der Waals surface area (Å²) in [6.07, 6.45) is 0.820. The zero-order valence-corrected chi connectivity index (χ0v) is 11.1. The first-order valence-electron chi connectivity index (χ1n) is 5.81. The fourth-order valence-corrected chi connectivity index (χ4v) is 1.37. The largest absolute Gasteiger partial charge is 0.507 e. The maximum atomic E-state index is 9.76. The van der Waals surface area contributed by atoms with Crippen molar-refractivity contribution >= 4 is 11.5 Å². The van der Waals surface area contributed by atoms with Gasteiger partial charge in [-0.25, -0.2) is 0 Å². The molecule has 96 valence electrons. The third-order valence-electron chi connectivity index (χ3n) is 2.68. The molecule has 0 aromatic heterocycles. The molecule has 0 amide bonds. The van der Waals surface area contributed by atoms with Gasteiger partial charge in [-0.2, -0.15) is 5.10 Å². The molecular formula is C14H19N3O. The van der Waals surface area contributed by atoms with Crippen molar-refractivity contribution < 1.29 is 5.11 Å². The van der Waals surface area contributed by atoms with Crippen molar-refractivity contribution in [2.75, 3.05) is 0 Å². The van der Waals surface area contributed by atoms with Crippen molar-refractivity contribution in [2.24, 2.45) is 15.9 Å². The lowest BCUT2D eigenvalue weighted by Gasteiger charge is -2.04. The maximum Gasteiger partial charge on any atom is 0.157 e. The maximum absolute atomic E-state index is 9.76. The lowest BCUT2D eigenvalue weighted by molar-refractivity contribution is 0.473. The first kappa shape index (κ1) is 14.0. The molecule has 0 radical (unpaired) electrons. The van der Waals surface area contributed by atoms with Crippen molar-refractivity contribution in [3.8, 4) is 5.75 Å². The molecule has 4 heteroatoms. The van der Waals surface area contributed by atoms with Crippen LogP contribution in [0.5, 0.6) is 5.75 Å². The van der Waals surface area contributed by atoms with Crippen LogP contribution >= 0.6 is 0 Å². The number of hydrogen-bond donors (Lipinski definition) is 2. The van der Waals surface area contributed by atoms with Gasteiger partial charge in [0, 0.05) is 0 Å². The molecule has 0 fully saturated rings. The lowest BCUT2D eigenvalue weighted by Crippen LogP contribution is -2.13. The molecule has 1 aromatic rings. The molecule has 0 aliphatic heterocycles. The number of hydrogen-bond acceptors (Lipinski definition) is 3. The molecule has 1 aromatic carbocycles. The zero-order valence-electron chi connectivity index (χ0n) is 11.1. The van der Waals surface area contributed by atoms with E-state index in [0.717, 1.165) is 23.3 Å². The highest BCUT2D eigenvalue weighted by Crippen LogP contribution is 2.18. The van der Waals surface area contributed by atoms with E-state index in [0.29, 0.717) is 5.56 Å². The number of phenolic OH excluding ortho intramolecular Hbond substituents is 1. The molecule has 1 rings (SSSR count). The summed E-state index contributed by atoms with van der Waals surface area (Å²) in [5.74, 6) is 0.300. The Morgan fingerprint density at radius 2 is 2.06 bits per heavy atom. The number of phenols is 1. The normalized spacial score (nSPS) is 12.6. The monoisotopic (exact) mass is 245 g/mol. The van der Waals surface area contributed by atoms with E-state index in [4.69, 9.17) is 5.73 Å². The van der Waals surface area contributed by atoms with Crippen LogP contribution in [0.4, 0.5) is 0 Å². The summed E-state index contributed by atoms with van der Waals surface area (Å²) in [6.45, 7) is 9.59. The first-order chi connectivity index (χ1) is 8.45. The van der Waals surface area contributed by atoms with E-state index in [9.17, 15) is 5.11 Å². The van der Waals surface area contributed by atoms with Crippen molar-refractivity contribution in [3.05, 3.63) is 41.5 Å². The minimum atomic E-state index is 0.110. The number of allylic oxidation sites excluding steroid dienone is 1. The van der Waals surface area contributed by atoms with Gasteiger partial charge >= 0.3 is 0 Å². The molecular weight excluding hydrogens is 226 g/mol. The van der Waals surface area contributed by atoms with Crippen LogP contribution in [0.15, 0.2) is 40.6 Å². The highest BCUT2D eigenvalue weighted by Gasteiger charge is 2.05. The Morgan fingerprint density at radius 1 is 1.39 bits per heavy atom. The van der Waals surface area contributed by atoms with Gasteiger partial charge in [-0.3, -0.25) is 0 Å². The van der Waals surface area contributed by atoms with Gasteiger partial charge in [0.1, 0.15) is 5.75 Å². The summed E-state index contributed by atoms with van der Waals surface area (Å²) >= 11 is 0. The van der Waals surface area contributed by atoms with Crippen LogP contribution in [0.3, 0.4) is 0 Å². The van der Waals surface area contributed by atoms with E-state index >= 15 is 0 Å². The van der Waals surface area contributed by atoms with E-state index in [1.54, 1.807) is 12.1 Å². The third-order valence-corrected chi connectivity index (χ3v) is 2.68. The molecule has 0 unspecified atom stereocenters. The van der Waals surface area contributed by atoms with E-state index in [-0.39, 0.29) is 11.6 Å². The Morgan fingerprint density at radius 3 is 2.61 bits per heavy atom. The lowest BCUT2D eigenvalue weighted by atomic mass is 10.1. The van der Waals surface area contributed by atoms with Crippen LogP contribution in [0.2, 0.25) is 0 Å². The van der Waals surface area contributed by atoms with Crippen molar-refractivity contribution in [2.45, 2.75) is 27.2 Å². The summed E-state index contributed by atoms with van der Waals surface area (Å²) in [6, 6.07) is 5.22. The smallest absolute Gasteiger partial charge is 0.157 e. The van der Waals surface area contributed by atoms with Crippen molar-refractivity contribution in [1.82, 2.24) is 0 Å². The number of nitrogens with two attached hydrogens (primary N) is 1. The zero-order chi connectivity index (χ0) is 13.7. The second-order valence-electron chi connectivity index (χ2n) is 4.15. The number of aromatic hydroxyl groups is 1. The Balaban J connectivity index is 3.00.